The lowest BCUT2D eigenvalue weighted by Crippen LogP contribution is -2.28. The molecule has 17 heavy (non-hydrogen) atoms. The normalized spacial score (nSPS) is 12.7. The highest BCUT2D eigenvalue weighted by atomic mass is 35.5. The number of hydrogen-bond donors (Lipinski definition) is 2. The number of rotatable bonds is 7. The molecule has 1 aromatic carbocycles. The largest absolute Gasteiger partial charge is 0.382 e. The van der Waals surface area contributed by atoms with Gasteiger partial charge in [0.05, 0.1) is 0 Å². The number of hydrazine groups is 1. The second-order valence-corrected chi connectivity index (χ2v) is 4.57. The maximum absolute atomic E-state index is 6.12. The van der Waals surface area contributed by atoms with Crippen LogP contribution in [0, 0.1) is 0 Å². The summed E-state index contributed by atoms with van der Waals surface area (Å²) in [4.78, 5) is 0. The van der Waals surface area contributed by atoms with Gasteiger partial charge in [0.15, 0.2) is 0 Å². The number of halogens is 2. The Morgan fingerprint density at radius 1 is 1.41 bits per heavy atom. The van der Waals surface area contributed by atoms with Crippen molar-refractivity contribution in [2.45, 2.75) is 25.8 Å². The fraction of sp³-hybridized carbons (Fsp3) is 0.500. The summed E-state index contributed by atoms with van der Waals surface area (Å²) < 4.78 is 5.29. The predicted octanol–water partition coefficient (Wildman–Crippen LogP) is 3.31. The van der Waals surface area contributed by atoms with Gasteiger partial charge in [-0.25, -0.2) is 0 Å². The van der Waals surface area contributed by atoms with Gasteiger partial charge in [-0.3, -0.25) is 11.3 Å². The van der Waals surface area contributed by atoms with Gasteiger partial charge in [-0.2, -0.15) is 0 Å². The van der Waals surface area contributed by atoms with Crippen molar-refractivity contribution in [2.75, 3.05) is 13.2 Å². The minimum Gasteiger partial charge on any atom is -0.382 e. The molecule has 0 amide bonds. The highest BCUT2D eigenvalue weighted by molar-refractivity contribution is 6.33. The van der Waals surface area contributed by atoms with E-state index in [9.17, 15) is 0 Å². The van der Waals surface area contributed by atoms with Crippen molar-refractivity contribution in [1.82, 2.24) is 5.43 Å². The molecule has 0 radical (unpaired) electrons. The zero-order valence-corrected chi connectivity index (χ0v) is 11.4. The lowest BCUT2D eigenvalue weighted by Gasteiger charge is -2.17. The first-order valence-electron chi connectivity index (χ1n) is 5.67. The summed E-state index contributed by atoms with van der Waals surface area (Å²) in [7, 11) is 0. The number of ether oxygens (including phenoxy) is 1. The van der Waals surface area contributed by atoms with Crippen molar-refractivity contribution in [2.24, 2.45) is 5.84 Å². The van der Waals surface area contributed by atoms with Crippen molar-refractivity contribution >= 4 is 23.2 Å². The third kappa shape index (κ3) is 4.82. The van der Waals surface area contributed by atoms with E-state index in [2.05, 4.69) is 5.43 Å². The van der Waals surface area contributed by atoms with E-state index >= 15 is 0 Å². The molecule has 0 saturated heterocycles. The van der Waals surface area contributed by atoms with Crippen LogP contribution in [0.4, 0.5) is 0 Å². The minimum absolute atomic E-state index is 0.00153. The molecule has 0 aliphatic rings. The summed E-state index contributed by atoms with van der Waals surface area (Å²) in [5.74, 6) is 5.55. The number of nitrogens with two attached hydrogens (primary N) is 1. The highest BCUT2D eigenvalue weighted by Crippen LogP contribution is 2.28. The van der Waals surface area contributed by atoms with E-state index in [1.54, 1.807) is 12.1 Å². The summed E-state index contributed by atoms with van der Waals surface area (Å²) >= 11 is 12.1. The fourth-order valence-corrected chi connectivity index (χ4v) is 2.07. The molecular formula is C12H18Cl2N2O. The average Bonchev–Trinajstić information content (AvgIpc) is 2.33. The summed E-state index contributed by atoms with van der Waals surface area (Å²) in [6.45, 7) is 3.44. The van der Waals surface area contributed by atoms with Crippen molar-refractivity contribution in [3.63, 3.8) is 0 Å². The van der Waals surface area contributed by atoms with Crippen LogP contribution in [-0.2, 0) is 4.74 Å². The molecule has 0 bridgehead atoms. The topological polar surface area (TPSA) is 47.3 Å². The first kappa shape index (κ1) is 14.7. The van der Waals surface area contributed by atoms with E-state index in [1.165, 1.54) is 0 Å². The van der Waals surface area contributed by atoms with E-state index in [-0.39, 0.29) is 6.04 Å². The van der Waals surface area contributed by atoms with Crippen LogP contribution >= 0.6 is 23.2 Å². The van der Waals surface area contributed by atoms with Crippen molar-refractivity contribution in [3.05, 3.63) is 33.8 Å². The number of nitrogens with one attached hydrogen (secondary N) is 1. The molecule has 0 saturated carbocycles. The van der Waals surface area contributed by atoms with Crippen molar-refractivity contribution < 1.29 is 4.74 Å². The van der Waals surface area contributed by atoms with Gasteiger partial charge in [0.1, 0.15) is 0 Å². The zero-order valence-electron chi connectivity index (χ0n) is 9.88. The van der Waals surface area contributed by atoms with Crippen LogP contribution in [0.25, 0.3) is 0 Å². The zero-order chi connectivity index (χ0) is 12.7. The van der Waals surface area contributed by atoms with Crippen LogP contribution in [-0.4, -0.2) is 13.2 Å². The number of hydrogen-bond acceptors (Lipinski definition) is 3. The smallest absolute Gasteiger partial charge is 0.0476 e. The van der Waals surface area contributed by atoms with Gasteiger partial charge < -0.3 is 4.74 Å². The lowest BCUT2D eigenvalue weighted by atomic mass is 10.0. The van der Waals surface area contributed by atoms with Gasteiger partial charge in [-0.05, 0) is 43.5 Å². The van der Waals surface area contributed by atoms with Gasteiger partial charge in [0, 0.05) is 29.3 Å². The summed E-state index contributed by atoms with van der Waals surface area (Å²) in [5.41, 5.74) is 3.69. The molecule has 96 valence electrons. The van der Waals surface area contributed by atoms with Gasteiger partial charge in [0.2, 0.25) is 0 Å². The standard InChI is InChI=1S/C12H18Cl2N2O/c1-2-17-7-3-4-12(16-15)10-8-9(13)5-6-11(10)14/h5-6,8,12,16H,2-4,7,15H2,1H3. The maximum atomic E-state index is 6.12. The maximum Gasteiger partial charge on any atom is 0.0476 e. The summed E-state index contributed by atoms with van der Waals surface area (Å²) in [6.07, 6.45) is 1.78. The Morgan fingerprint density at radius 2 is 2.18 bits per heavy atom. The van der Waals surface area contributed by atoms with E-state index in [1.807, 2.05) is 13.0 Å². The minimum atomic E-state index is 0.00153. The molecule has 0 spiro atoms. The molecule has 3 N–H and O–H groups in total. The first-order chi connectivity index (χ1) is 8.19. The molecule has 0 aliphatic carbocycles. The Labute approximate surface area is 112 Å². The third-order valence-electron chi connectivity index (χ3n) is 2.52. The molecule has 1 atom stereocenters. The average molecular weight is 277 g/mol. The first-order valence-corrected chi connectivity index (χ1v) is 6.43. The van der Waals surface area contributed by atoms with Crippen LogP contribution in [0.5, 0.6) is 0 Å². The van der Waals surface area contributed by atoms with Crippen LogP contribution in [0.3, 0.4) is 0 Å². The molecule has 0 heterocycles. The van der Waals surface area contributed by atoms with E-state index in [0.717, 1.165) is 31.6 Å². The van der Waals surface area contributed by atoms with Crippen molar-refractivity contribution in [3.8, 4) is 0 Å². The molecule has 1 unspecified atom stereocenters. The Morgan fingerprint density at radius 3 is 2.82 bits per heavy atom. The molecule has 0 aromatic heterocycles. The predicted molar refractivity (Wildman–Crippen MR) is 72.3 cm³/mol. The Balaban J connectivity index is 2.62. The van der Waals surface area contributed by atoms with Crippen LogP contribution in [0.15, 0.2) is 18.2 Å². The molecule has 1 rings (SSSR count). The molecule has 0 aliphatic heterocycles. The Kier molecular flexibility index (Phi) is 6.85. The second kappa shape index (κ2) is 7.90. The van der Waals surface area contributed by atoms with E-state index in [0.29, 0.717) is 10.0 Å². The third-order valence-corrected chi connectivity index (χ3v) is 3.10. The van der Waals surface area contributed by atoms with Crippen LogP contribution in [0.1, 0.15) is 31.4 Å². The molecule has 0 fully saturated rings. The highest BCUT2D eigenvalue weighted by Gasteiger charge is 2.13. The van der Waals surface area contributed by atoms with Gasteiger partial charge >= 0.3 is 0 Å². The quantitative estimate of drug-likeness (QED) is 0.456. The Bertz CT molecular complexity index is 347. The van der Waals surface area contributed by atoms with Crippen LogP contribution in [0.2, 0.25) is 10.0 Å². The van der Waals surface area contributed by atoms with Gasteiger partial charge in [-0.1, -0.05) is 23.2 Å². The Hall–Kier alpha value is -0.320. The summed E-state index contributed by atoms with van der Waals surface area (Å²) in [5, 5.41) is 1.34. The van der Waals surface area contributed by atoms with E-state index < -0.39 is 0 Å². The van der Waals surface area contributed by atoms with Crippen LogP contribution < -0.4 is 11.3 Å². The second-order valence-electron chi connectivity index (χ2n) is 3.72. The van der Waals surface area contributed by atoms with E-state index in [4.69, 9.17) is 33.8 Å². The SMILES string of the molecule is CCOCCCC(NN)c1cc(Cl)ccc1Cl. The van der Waals surface area contributed by atoms with Crippen molar-refractivity contribution in [1.29, 1.82) is 0 Å². The monoisotopic (exact) mass is 276 g/mol. The number of benzene rings is 1. The fourth-order valence-electron chi connectivity index (χ4n) is 1.64. The summed E-state index contributed by atoms with van der Waals surface area (Å²) in [6, 6.07) is 5.39. The lowest BCUT2D eigenvalue weighted by molar-refractivity contribution is 0.141. The van der Waals surface area contributed by atoms with Gasteiger partial charge in [-0.15, -0.1) is 0 Å². The van der Waals surface area contributed by atoms with Gasteiger partial charge in [0.25, 0.3) is 0 Å². The molecular weight excluding hydrogens is 259 g/mol. The molecule has 5 heteroatoms. The molecule has 3 nitrogen and oxygen atoms in total. The molecule has 1 aromatic rings.